The summed E-state index contributed by atoms with van der Waals surface area (Å²) in [5.74, 6) is 0.747. The van der Waals surface area contributed by atoms with Crippen molar-refractivity contribution in [3.8, 4) is 0 Å². The van der Waals surface area contributed by atoms with Gasteiger partial charge in [-0.15, -0.1) is 0 Å². The fraction of sp³-hybridized carbons (Fsp3) is 0.600. The zero-order chi connectivity index (χ0) is 12.7. The van der Waals surface area contributed by atoms with Gasteiger partial charge in [-0.25, -0.2) is 0 Å². The van der Waals surface area contributed by atoms with Gasteiger partial charge in [0.25, 0.3) is 0 Å². The Balaban J connectivity index is 2.30. The van der Waals surface area contributed by atoms with E-state index in [9.17, 15) is 0 Å². The number of nitrogens with two attached hydrogens (primary N) is 1. The van der Waals surface area contributed by atoms with Gasteiger partial charge in [0.05, 0.1) is 12.1 Å². The Hall–Kier alpha value is -0.860. The first-order valence-corrected chi connectivity index (χ1v) is 6.53. The summed E-state index contributed by atoms with van der Waals surface area (Å²) in [5, 5.41) is 0. The van der Waals surface area contributed by atoms with Crippen LogP contribution in [0.15, 0.2) is 30.3 Å². The number of benzene rings is 1. The van der Waals surface area contributed by atoms with Crippen molar-refractivity contribution in [1.29, 1.82) is 0 Å². The molecule has 2 atom stereocenters. The van der Waals surface area contributed by atoms with E-state index >= 15 is 0 Å². The Morgan fingerprint density at radius 1 is 1.12 bits per heavy atom. The topological polar surface area (TPSA) is 35.2 Å². The van der Waals surface area contributed by atoms with Gasteiger partial charge in [0.1, 0.15) is 0 Å². The Morgan fingerprint density at radius 3 is 2.35 bits per heavy atom. The molecule has 0 aliphatic rings. The average Bonchev–Trinajstić information content (AvgIpc) is 2.34. The average molecular weight is 235 g/mol. The van der Waals surface area contributed by atoms with Crippen molar-refractivity contribution in [2.75, 3.05) is 6.61 Å². The highest BCUT2D eigenvalue weighted by molar-refractivity contribution is 5.19. The molecule has 2 unspecified atom stereocenters. The van der Waals surface area contributed by atoms with Crippen LogP contribution in [0.4, 0.5) is 0 Å². The Kier molecular flexibility index (Phi) is 6.23. The molecule has 1 aromatic rings. The molecule has 0 radical (unpaired) electrons. The Morgan fingerprint density at radius 2 is 1.76 bits per heavy atom. The van der Waals surface area contributed by atoms with Crippen LogP contribution in [0.1, 0.15) is 45.2 Å². The molecule has 0 heterocycles. The Bertz CT molecular complexity index is 297. The fourth-order valence-corrected chi connectivity index (χ4v) is 1.81. The van der Waals surface area contributed by atoms with Gasteiger partial charge in [0, 0.05) is 6.61 Å². The van der Waals surface area contributed by atoms with Crippen LogP contribution in [0.2, 0.25) is 0 Å². The lowest BCUT2D eigenvalue weighted by atomic mass is 10.0. The van der Waals surface area contributed by atoms with E-state index in [-0.39, 0.29) is 12.1 Å². The molecule has 1 rings (SSSR count). The third-order valence-corrected chi connectivity index (χ3v) is 3.00. The van der Waals surface area contributed by atoms with Gasteiger partial charge in [0.15, 0.2) is 0 Å². The maximum absolute atomic E-state index is 6.16. The predicted molar refractivity (Wildman–Crippen MR) is 72.9 cm³/mol. The van der Waals surface area contributed by atoms with Crippen LogP contribution in [-0.2, 0) is 4.74 Å². The molecule has 0 fully saturated rings. The highest BCUT2D eigenvalue weighted by Crippen LogP contribution is 2.16. The van der Waals surface area contributed by atoms with Crippen LogP contribution in [0.5, 0.6) is 0 Å². The van der Waals surface area contributed by atoms with Crippen molar-refractivity contribution in [1.82, 2.24) is 0 Å². The van der Waals surface area contributed by atoms with E-state index in [4.69, 9.17) is 10.5 Å². The number of ether oxygens (including phenoxy) is 1. The molecule has 2 N–H and O–H groups in total. The molecule has 0 aromatic heterocycles. The molecule has 0 aliphatic carbocycles. The van der Waals surface area contributed by atoms with Crippen LogP contribution in [0.3, 0.4) is 0 Å². The smallest absolute Gasteiger partial charge is 0.0739 e. The monoisotopic (exact) mass is 235 g/mol. The van der Waals surface area contributed by atoms with E-state index in [0.29, 0.717) is 0 Å². The minimum atomic E-state index is -0.0322. The maximum atomic E-state index is 6.16. The van der Waals surface area contributed by atoms with Gasteiger partial charge in [-0.3, -0.25) is 0 Å². The van der Waals surface area contributed by atoms with Crippen LogP contribution in [-0.4, -0.2) is 12.7 Å². The van der Waals surface area contributed by atoms with E-state index in [2.05, 4.69) is 26.0 Å². The van der Waals surface area contributed by atoms with Crippen molar-refractivity contribution in [2.24, 2.45) is 11.7 Å². The summed E-state index contributed by atoms with van der Waals surface area (Å²) in [7, 11) is 0. The fourth-order valence-electron chi connectivity index (χ4n) is 1.81. The van der Waals surface area contributed by atoms with Crippen molar-refractivity contribution in [3.63, 3.8) is 0 Å². The molecule has 2 nitrogen and oxygen atoms in total. The molecule has 0 bridgehead atoms. The van der Waals surface area contributed by atoms with Gasteiger partial charge in [-0.1, -0.05) is 44.2 Å². The van der Waals surface area contributed by atoms with E-state index in [1.807, 2.05) is 25.1 Å². The van der Waals surface area contributed by atoms with E-state index in [1.54, 1.807) is 0 Å². The lowest BCUT2D eigenvalue weighted by Gasteiger charge is -2.21. The zero-order valence-corrected chi connectivity index (χ0v) is 11.2. The van der Waals surface area contributed by atoms with Crippen LogP contribution in [0.25, 0.3) is 0 Å². The first kappa shape index (κ1) is 14.2. The number of rotatable bonds is 7. The van der Waals surface area contributed by atoms with Crippen molar-refractivity contribution < 1.29 is 4.74 Å². The molecule has 0 saturated carbocycles. The SMILES string of the molecule is CC(C)CCCOC(C)C(N)c1ccccc1. The second-order valence-corrected chi connectivity index (χ2v) is 5.05. The highest BCUT2D eigenvalue weighted by atomic mass is 16.5. The van der Waals surface area contributed by atoms with E-state index < -0.39 is 0 Å². The zero-order valence-electron chi connectivity index (χ0n) is 11.2. The van der Waals surface area contributed by atoms with Gasteiger partial charge in [0.2, 0.25) is 0 Å². The molecule has 17 heavy (non-hydrogen) atoms. The highest BCUT2D eigenvalue weighted by Gasteiger charge is 2.14. The van der Waals surface area contributed by atoms with Gasteiger partial charge in [-0.2, -0.15) is 0 Å². The second-order valence-electron chi connectivity index (χ2n) is 5.05. The summed E-state index contributed by atoms with van der Waals surface area (Å²) in [6.07, 6.45) is 2.40. The maximum Gasteiger partial charge on any atom is 0.0739 e. The lowest BCUT2D eigenvalue weighted by Crippen LogP contribution is -2.26. The van der Waals surface area contributed by atoms with Crippen molar-refractivity contribution in [2.45, 2.75) is 45.8 Å². The standard InChI is InChI=1S/C15H25NO/c1-12(2)8-7-11-17-13(3)15(16)14-9-5-4-6-10-14/h4-6,9-10,12-13,15H,7-8,11,16H2,1-3H3. The predicted octanol–water partition coefficient (Wildman–Crippen LogP) is 3.53. The normalized spacial score (nSPS) is 14.9. The van der Waals surface area contributed by atoms with Gasteiger partial charge < -0.3 is 10.5 Å². The minimum absolute atomic E-state index is 0.0322. The summed E-state index contributed by atoms with van der Waals surface area (Å²) < 4.78 is 5.78. The van der Waals surface area contributed by atoms with Crippen molar-refractivity contribution >= 4 is 0 Å². The number of hydrogen-bond acceptors (Lipinski definition) is 2. The summed E-state index contributed by atoms with van der Waals surface area (Å²) >= 11 is 0. The van der Waals surface area contributed by atoms with Gasteiger partial charge in [-0.05, 0) is 31.2 Å². The summed E-state index contributed by atoms with van der Waals surface area (Å²) in [4.78, 5) is 0. The summed E-state index contributed by atoms with van der Waals surface area (Å²) in [6, 6.07) is 10.1. The molecule has 0 aliphatic heterocycles. The molecule has 0 amide bonds. The molecule has 2 heteroatoms. The van der Waals surface area contributed by atoms with Gasteiger partial charge >= 0.3 is 0 Å². The molecule has 0 spiro atoms. The third-order valence-electron chi connectivity index (χ3n) is 3.00. The van der Waals surface area contributed by atoms with Crippen LogP contribution < -0.4 is 5.73 Å². The molecular formula is C15H25NO. The van der Waals surface area contributed by atoms with E-state index in [1.165, 1.54) is 6.42 Å². The summed E-state index contributed by atoms with van der Waals surface area (Å²) in [6.45, 7) is 7.32. The molecule has 96 valence electrons. The molecule has 1 aromatic carbocycles. The second kappa shape index (κ2) is 7.46. The summed E-state index contributed by atoms with van der Waals surface area (Å²) in [5.41, 5.74) is 7.30. The molecule has 0 saturated heterocycles. The van der Waals surface area contributed by atoms with Crippen LogP contribution >= 0.6 is 0 Å². The Labute approximate surface area is 105 Å². The molecular weight excluding hydrogens is 210 g/mol. The first-order valence-electron chi connectivity index (χ1n) is 6.53. The van der Waals surface area contributed by atoms with E-state index in [0.717, 1.165) is 24.5 Å². The third kappa shape index (κ3) is 5.33. The minimum Gasteiger partial charge on any atom is -0.377 e. The number of hydrogen-bond donors (Lipinski definition) is 1. The largest absolute Gasteiger partial charge is 0.377 e. The van der Waals surface area contributed by atoms with Crippen molar-refractivity contribution in [3.05, 3.63) is 35.9 Å². The lowest BCUT2D eigenvalue weighted by molar-refractivity contribution is 0.0444. The quantitative estimate of drug-likeness (QED) is 0.734. The van der Waals surface area contributed by atoms with Crippen LogP contribution in [0, 0.1) is 5.92 Å². The first-order chi connectivity index (χ1) is 8.11.